The van der Waals surface area contributed by atoms with Gasteiger partial charge in [-0.25, -0.2) is 0 Å². The van der Waals surface area contributed by atoms with Gasteiger partial charge in [0.15, 0.2) is 0 Å². The number of amidine groups is 4. The van der Waals surface area contributed by atoms with Gasteiger partial charge >= 0.3 is 0 Å². The van der Waals surface area contributed by atoms with Crippen LogP contribution in [0.2, 0.25) is 0 Å². The third-order valence-electron chi connectivity index (χ3n) is 17.1. The van der Waals surface area contributed by atoms with Crippen molar-refractivity contribution in [3.63, 3.8) is 0 Å². The molecule has 8 nitrogen and oxygen atoms in total. The van der Waals surface area contributed by atoms with Crippen molar-refractivity contribution in [2.24, 2.45) is 67.3 Å². The van der Waals surface area contributed by atoms with Crippen molar-refractivity contribution in [2.45, 2.75) is 272 Å². The average Bonchev–Trinajstić information content (AvgIpc) is 4.09. The van der Waals surface area contributed by atoms with Gasteiger partial charge in [0.05, 0.1) is 11.7 Å². The maximum atomic E-state index is 4.89. The highest BCUT2D eigenvalue weighted by molar-refractivity contribution is 7.58. The van der Waals surface area contributed by atoms with Crippen molar-refractivity contribution in [1.29, 1.82) is 0 Å². The molecule has 4 aliphatic carbocycles. The van der Waals surface area contributed by atoms with Gasteiger partial charge in [-0.1, -0.05) is 162 Å². The first-order valence-electron chi connectivity index (χ1n) is 29.7. The fourth-order valence-corrected chi connectivity index (χ4v) is 22.1. The summed E-state index contributed by atoms with van der Waals surface area (Å²) in [4.78, 5) is 19.3. The van der Waals surface area contributed by atoms with Crippen LogP contribution in [-0.4, -0.2) is 94.8 Å². The Hall–Kier alpha value is -0.400. The van der Waals surface area contributed by atoms with Crippen LogP contribution in [0, 0.1) is 47.3 Å². The number of nitrogens with zero attached hydrogens (tertiary/aromatic N) is 4. The molecule has 70 heavy (non-hydrogen) atoms. The Bertz CT molecular complexity index is 1610. The zero-order chi connectivity index (χ0) is 51.1. The van der Waals surface area contributed by atoms with E-state index in [-0.39, 0.29) is 32.3 Å². The molecule has 0 spiro atoms. The molecule has 0 saturated heterocycles. The van der Waals surface area contributed by atoms with Gasteiger partial charge in [0, 0.05) is 50.9 Å². The number of fused-ring (bicyclic) bond motifs is 4. The summed E-state index contributed by atoms with van der Waals surface area (Å²) >= 11 is 0. The first kappa shape index (κ1) is 60.5. The molecule has 404 valence electrons. The predicted molar refractivity (Wildman–Crippen MR) is 322 cm³/mol. The molecule has 0 radical (unpaired) electrons. The molecule has 0 aromatic carbocycles. The van der Waals surface area contributed by atoms with E-state index in [4.69, 9.17) is 20.0 Å². The maximum Gasteiger partial charge on any atom is 0.103 e. The summed E-state index contributed by atoms with van der Waals surface area (Å²) in [5.74, 6) is 12.3. The normalized spacial score (nSPS) is 28.6. The lowest BCUT2D eigenvalue weighted by Crippen LogP contribution is -2.33. The lowest BCUT2D eigenvalue weighted by atomic mass is 9.80. The molecule has 0 bridgehead atoms. The molecule has 8 aliphatic rings. The van der Waals surface area contributed by atoms with Gasteiger partial charge in [0.2, 0.25) is 0 Å². The Labute approximate surface area is 439 Å². The molecular formula is C58H112N8P4. The summed E-state index contributed by atoms with van der Waals surface area (Å²) in [5, 5.41) is 15.3. The van der Waals surface area contributed by atoms with Crippen molar-refractivity contribution >= 4 is 55.6 Å². The van der Waals surface area contributed by atoms with Gasteiger partial charge in [-0.15, -0.1) is 0 Å². The van der Waals surface area contributed by atoms with Crippen molar-refractivity contribution < 1.29 is 0 Å². The van der Waals surface area contributed by atoms with Gasteiger partial charge in [0.25, 0.3) is 0 Å². The summed E-state index contributed by atoms with van der Waals surface area (Å²) in [5.41, 5.74) is 5.95. The van der Waals surface area contributed by atoms with Gasteiger partial charge in [0.1, 0.15) is 11.7 Å². The van der Waals surface area contributed by atoms with Crippen molar-refractivity contribution in [3.05, 3.63) is 0 Å². The second-order valence-electron chi connectivity index (χ2n) is 25.2. The van der Waals surface area contributed by atoms with E-state index < -0.39 is 0 Å². The van der Waals surface area contributed by atoms with Crippen molar-refractivity contribution in [1.82, 2.24) is 20.3 Å². The fourth-order valence-electron chi connectivity index (χ4n) is 13.3. The molecule has 4 aliphatic heterocycles. The Morgan fingerprint density at radius 3 is 1.11 bits per heavy atom. The lowest BCUT2D eigenvalue weighted by Gasteiger charge is -2.32. The quantitative estimate of drug-likeness (QED) is 0.146. The monoisotopic (exact) mass is 1040 g/mol. The highest BCUT2D eigenvalue weighted by atomic mass is 31.1. The van der Waals surface area contributed by atoms with E-state index in [0.717, 1.165) is 119 Å². The summed E-state index contributed by atoms with van der Waals surface area (Å²) in [6.45, 7) is 41.8. The minimum atomic E-state index is -0.111. The number of hydrogen-bond donors (Lipinski definition) is 4. The number of hydrogen-bond acceptors (Lipinski definition) is 8. The Morgan fingerprint density at radius 1 is 0.314 bits per heavy atom. The number of nitrogens with one attached hydrogen (secondary N) is 4. The third kappa shape index (κ3) is 18.4. The average molecular weight is 1050 g/mol. The molecule has 0 aromatic heterocycles. The predicted octanol–water partition coefficient (Wildman–Crippen LogP) is 16.8. The topological polar surface area (TPSA) is 97.6 Å². The molecule has 4 heterocycles. The number of rotatable bonds is 12. The van der Waals surface area contributed by atoms with Crippen LogP contribution < -0.4 is 20.3 Å². The molecule has 4 N–H and O–H groups in total. The first-order chi connectivity index (χ1) is 33.3. The summed E-state index contributed by atoms with van der Waals surface area (Å²) in [6.07, 6.45) is 25.0. The molecule has 4 saturated carbocycles. The van der Waals surface area contributed by atoms with Crippen LogP contribution in [0.4, 0.5) is 0 Å². The first-order valence-corrected chi connectivity index (χ1v) is 35.6. The summed E-state index contributed by atoms with van der Waals surface area (Å²) in [6, 6.07) is 0. The Kier molecular flexibility index (Phi) is 26.2. The Balaban J connectivity index is 0.000000174. The standard InChI is InChI=1S/2C15H29N2P.2C14H27N2P/c1-11(2)18(12(3)4)17-15-9-8-13-6-5-7-14(13)10-16-15;1-11(2)18(12(3)4)17-15-14-9-7-5-6-8-13(14)10-16-15;1-10(2)17(11(3)4)16-14-8-12-6-5-7-13(12)9-15-14;1-10(2)17(11(3)4)16-14-13-8-6-5-7-12(13)9-15-14/h2*11-14H,5-10H2,1-4H3,(H,16,17);2*10-13H,5-9H2,1-4H3,(H,15,16). The summed E-state index contributed by atoms with van der Waals surface area (Å²) in [7, 11) is -0.423. The van der Waals surface area contributed by atoms with Crippen LogP contribution >= 0.6 is 32.3 Å². The van der Waals surface area contributed by atoms with E-state index in [1.807, 2.05) is 0 Å². The van der Waals surface area contributed by atoms with E-state index in [0.29, 0.717) is 0 Å². The van der Waals surface area contributed by atoms with Crippen molar-refractivity contribution in [3.8, 4) is 0 Å². The zero-order valence-corrected chi connectivity index (χ0v) is 51.9. The van der Waals surface area contributed by atoms with E-state index in [1.54, 1.807) is 0 Å². The molecule has 8 unspecified atom stereocenters. The van der Waals surface area contributed by atoms with Crippen molar-refractivity contribution in [2.75, 3.05) is 26.2 Å². The zero-order valence-electron chi connectivity index (χ0n) is 48.4. The Morgan fingerprint density at radius 2 is 0.643 bits per heavy atom. The SMILES string of the molecule is CC(C)P(NC1=NCC2CCCC2C1)C(C)C.CC(C)P(NC1=NCC2CCCC2CC1)C(C)C.CC(C)P(NC1=NCC2CCCCC12)C(C)C.CC(C)P(NC1=NCC2CCCCCC12)C(C)C. The van der Waals surface area contributed by atoms with E-state index in [9.17, 15) is 0 Å². The van der Waals surface area contributed by atoms with Gasteiger partial charge < -0.3 is 20.3 Å². The minimum absolute atomic E-state index is 0.100. The van der Waals surface area contributed by atoms with Crippen LogP contribution in [0.1, 0.15) is 226 Å². The van der Waals surface area contributed by atoms with Gasteiger partial charge in [-0.3, -0.25) is 20.0 Å². The molecule has 12 heteroatoms. The smallest absolute Gasteiger partial charge is 0.103 e. The molecule has 0 aromatic rings. The second-order valence-corrected chi connectivity index (χ2v) is 37.6. The highest BCUT2D eigenvalue weighted by Crippen LogP contribution is 2.48. The van der Waals surface area contributed by atoms with Gasteiger partial charge in [-0.2, -0.15) is 0 Å². The van der Waals surface area contributed by atoms with E-state index in [1.165, 1.54) is 139 Å². The van der Waals surface area contributed by atoms with Crippen LogP contribution in [0.15, 0.2) is 20.0 Å². The largest absolute Gasteiger partial charge is 0.352 e. The highest BCUT2D eigenvalue weighted by Gasteiger charge is 2.37. The minimum Gasteiger partial charge on any atom is -0.352 e. The molecular weight excluding hydrogens is 933 g/mol. The molecule has 8 rings (SSSR count). The second kappa shape index (κ2) is 30.4. The molecule has 0 amide bonds. The summed E-state index contributed by atoms with van der Waals surface area (Å²) < 4.78 is 0. The van der Waals surface area contributed by atoms with E-state index >= 15 is 0 Å². The van der Waals surface area contributed by atoms with Crippen LogP contribution in [0.25, 0.3) is 0 Å². The molecule has 8 atom stereocenters. The fraction of sp³-hybridized carbons (Fsp3) is 0.931. The maximum absolute atomic E-state index is 4.89. The molecule has 4 fully saturated rings. The van der Waals surface area contributed by atoms with Gasteiger partial charge in [-0.05, 0) is 164 Å². The lowest BCUT2D eigenvalue weighted by molar-refractivity contribution is 0.327. The van der Waals surface area contributed by atoms with E-state index in [2.05, 4.69) is 131 Å². The third-order valence-corrected chi connectivity index (χ3v) is 28.0. The van der Waals surface area contributed by atoms with Crippen LogP contribution in [-0.2, 0) is 0 Å². The van der Waals surface area contributed by atoms with Crippen LogP contribution in [0.3, 0.4) is 0 Å². The van der Waals surface area contributed by atoms with Crippen LogP contribution in [0.5, 0.6) is 0 Å². The number of aliphatic imine (C=N–C) groups is 4.